The number of H-pyrrole nitrogens is 1. The summed E-state index contributed by atoms with van der Waals surface area (Å²) in [5, 5.41) is 13.6. The van der Waals surface area contributed by atoms with Gasteiger partial charge in [0.05, 0.1) is 18.0 Å². The Kier molecular flexibility index (Phi) is 8.30. The summed E-state index contributed by atoms with van der Waals surface area (Å²) in [6, 6.07) is 18.6. The van der Waals surface area contributed by atoms with Crippen LogP contribution in [-0.4, -0.2) is 27.3 Å². The fraction of sp³-hybridized carbons (Fsp3) is 0.250. The maximum atomic E-state index is 5.79. The maximum Gasteiger partial charge on any atom is 0.242 e. The second kappa shape index (κ2) is 11.8. The van der Waals surface area contributed by atoms with Gasteiger partial charge in [-0.05, 0) is 103 Å². The first-order valence-corrected chi connectivity index (χ1v) is 12.4. The van der Waals surface area contributed by atoms with Gasteiger partial charge in [0.25, 0.3) is 0 Å². The molecule has 8 heteroatoms. The lowest BCUT2D eigenvalue weighted by Gasteiger charge is -2.12. The van der Waals surface area contributed by atoms with E-state index in [-0.39, 0.29) is 0 Å². The first kappa shape index (κ1) is 25.3. The standard InChI is InChI=1S/C28H32N6OS/c1-19-14-22(15-20(2)21(19)3)8-5-6-9-24-16-23(12-13-27(24)29-4)18-35-31-25-10-7-11-26(17-25)34-28(36)30-32-33-34/h5,7-8,10-17,29,31H,6,9,18H2,1-4H3,(H,30,33,36)/b8-5+. The van der Waals surface area contributed by atoms with Crippen molar-refractivity contribution >= 4 is 29.7 Å². The Morgan fingerprint density at radius 1 is 1.06 bits per heavy atom. The van der Waals surface area contributed by atoms with Crippen molar-refractivity contribution in [2.75, 3.05) is 17.8 Å². The summed E-state index contributed by atoms with van der Waals surface area (Å²) >= 11 is 5.17. The van der Waals surface area contributed by atoms with Crippen LogP contribution < -0.4 is 10.8 Å². The third kappa shape index (κ3) is 6.27. The molecule has 1 heterocycles. The van der Waals surface area contributed by atoms with Crippen LogP contribution in [0.3, 0.4) is 0 Å². The molecule has 0 unspecified atom stereocenters. The van der Waals surface area contributed by atoms with Crippen molar-refractivity contribution < 1.29 is 4.84 Å². The highest BCUT2D eigenvalue weighted by atomic mass is 32.1. The minimum absolute atomic E-state index is 0.365. The van der Waals surface area contributed by atoms with E-state index in [9.17, 15) is 0 Å². The van der Waals surface area contributed by atoms with Gasteiger partial charge in [-0.3, -0.25) is 10.3 Å². The number of aromatic nitrogens is 4. The number of hydrogen-bond donors (Lipinski definition) is 3. The van der Waals surface area contributed by atoms with Crippen molar-refractivity contribution in [2.24, 2.45) is 0 Å². The Labute approximate surface area is 217 Å². The van der Waals surface area contributed by atoms with E-state index >= 15 is 0 Å². The van der Waals surface area contributed by atoms with Crippen LogP contribution in [0, 0.1) is 25.5 Å². The number of nitrogens with zero attached hydrogens (tertiary/aromatic N) is 3. The van der Waals surface area contributed by atoms with E-state index in [1.54, 1.807) is 4.68 Å². The Morgan fingerprint density at radius 3 is 2.58 bits per heavy atom. The monoisotopic (exact) mass is 500 g/mol. The smallest absolute Gasteiger partial charge is 0.242 e. The molecule has 36 heavy (non-hydrogen) atoms. The number of aryl methyl sites for hydroxylation is 3. The summed E-state index contributed by atoms with van der Waals surface area (Å²) in [7, 11) is 1.96. The lowest BCUT2D eigenvalue weighted by molar-refractivity contribution is 0.180. The van der Waals surface area contributed by atoms with Crippen LogP contribution in [0.15, 0.2) is 60.7 Å². The van der Waals surface area contributed by atoms with E-state index in [1.165, 1.54) is 27.8 Å². The van der Waals surface area contributed by atoms with Crippen LogP contribution in [-0.2, 0) is 17.9 Å². The molecular formula is C28H32N6OS. The SMILES string of the molecule is CNc1ccc(CONc2cccc(-n3[nH]nnc3=S)c2)cc1CC/C=C/c1cc(C)c(C)c(C)c1. The van der Waals surface area contributed by atoms with Gasteiger partial charge in [-0.1, -0.05) is 52.8 Å². The number of benzene rings is 3. The van der Waals surface area contributed by atoms with Gasteiger partial charge >= 0.3 is 0 Å². The Morgan fingerprint density at radius 2 is 1.86 bits per heavy atom. The number of aromatic amines is 1. The van der Waals surface area contributed by atoms with Gasteiger partial charge in [0.15, 0.2) is 0 Å². The molecule has 3 N–H and O–H groups in total. The lowest BCUT2D eigenvalue weighted by atomic mass is 9.99. The van der Waals surface area contributed by atoms with Crippen LogP contribution in [0.2, 0.25) is 0 Å². The second-order valence-electron chi connectivity index (χ2n) is 8.82. The number of hydrogen-bond acceptors (Lipinski definition) is 6. The van der Waals surface area contributed by atoms with Crippen molar-refractivity contribution in [1.29, 1.82) is 0 Å². The Bertz CT molecular complexity index is 1400. The van der Waals surface area contributed by atoms with E-state index in [1.807, 2.05) is 31.3 Å². The molecule has 7 nitrogen and oxygen atoms in total. The van der Waals surface area contributed by atoms with Crippen LogP contribution in [0.25, 0.3) is 11.8 Å². The molecule has 0 aliphatic heterocycles. The van der Waals surface area contributed by atoms with Gasteiger partial charge in [0.1, 0.15) is 0 Å². The zero-order valence-corrected chi connectivity index (χ0v) is 21.9. The summed E-state index contributed by atoms with van der Waals surface area (Å²) in [6.07, 6.45) is 6.37. The zero-order valence-electron chi connectivity index (χ0n) is 21.1. The fourth-order valence-electron chi connectivity index (χ4n) is 4.09. The van der Waals surface area contributed by atoms with E-state index in [4.69, 9.17) is 17.1 Å². The van der Waals surface area contributed by atoms with Gasteiger partial charge < -0.3 is 5.32 Å². The van der Waals surface area contributed by atoms with Crippen molar-refractivity contribution in [3.8, 4) is 5.69 Å². The summed E-state index contributed by atoms with van der Waals surface area (Å²) in [6.45, 7) is 6.95. The normalized spacial score (nSPS) is 11.2. The number of rotatable bonds is 10. The van der Waals surface area contributed by atoms with Gasteiger partial charge in [-0.2, -0.15) is 5.21 Å². The van der Waals surface area contributed by atoms with E-state index < -0.39 is 0 Å². The van der Waals surface area contributed by atoms with Gasteiger partial charge in [-0.25, -0.2) is 4.68 Å². The molecule has 0 saturated carbocycles. The number of tetrazole rings is 1. The predicted octanol–water partition coefficient (Wildman–Crippen LogP) is 6.48. The molecule has 0 atom stereocenters. The molecule has 0 spiro atoms. The van der Waals surface area contributed by atoms with Crippen LogP contribution in [0.1, 0.15) is 39.8 Å². The largest absolute Gasteiger partial charge is 0.388 e. The first-order chi connectivity index (χ1) is 17.4. The van der Waals surface area contributed by atoms with Crippen molar-refractivity contribution in [3.63, 3.8) is 0 Å². The summed E-state index contributed by atoms with van der Waals surface area (Å²) < 4.78 is 1.99. The highest BCUT2D eigenvalue weighted by Gasteiger charge is 2.05. The highest BCUT2D eigenvalue weighted by molar-refractivity contribution is 7.71. The molecular weight excluding hydrogens is 468 g/mol. The molecule has 0 saturated heterocycles. The molecule has 4 aromatic rings. The molecule has 1 aromatic heterocycles. The number of allylic oxidation sites excluding steroid dienone is 1. The van der Waals surface area contributed by atoms with Crippen molar-refractivity contribution in [3.05, 3.63) is 98.8 Å². The molecule has 3 aromatic carbocycles. The zero-order chi connectivity index (χ0) is 25.5. The fourth-order valence-corrected chi connectivity index (χ4v) is 4.28. The molecule has 0 amide bonds. The van der Waals surface area contributed by atoms with Gasteiger partial charge in [0, 0.05) is 12.7 Å². The molecule has 186 valence electrons. The lowest BCUT2D eigenvalue weighted by Crippen LogP contribution is -2.04. The minimum atomic E-state index is 0.365. The molecule has 4 rings (SSSR count). The van der Waals surface area contributed by atoms with E-state index in [2.05, 4.69) is 89.6 Å². The minimum Gasteiger partial charge on any atom is -0.388 e. The van der Waals surface area contributed by atoms with Gasteiger partial charge in [-0.15, -0.1) is 0 Å². The maximum absolute atomic E-state index is 5.79. The molecule has 0 aliphatic rings. The van der Waals surface area contributed by atoms with Crippen molar-refractivity contribution in [1.82, 2.24) is 20.2 Å². The van der Waals surface area contributed by atoms with Crippen LogP contribution >= 0.6 is 12.2 Å². The van der Waals surface area contributed by atoms with Gasteiger partial charge in [0.2, 0.25) is 4.77 Å². The third-order valence-electron chi connectivity index (χ3n) is 6.28. The number of anilines is 2. The van der Waals surface area contributed by atoms with E-state index in [0.717, 1.165) is 35.5 Å². The number of nitrogens with one attached hydrogen (secondary N) is 3. The van der Waals surface area contributed by atoms with E-state index in [0.29, 0.717) is 11.4 Å². The molecule has 0 radical (unpaired) electrons. The van der Waals surface area contributed by atoms with Crippen LogP contribution in [0.5, 0.6) is 0 Å². The Balaban J connectivity index is 1.35. The topological polar surface area (TPSA) is 79.8 Å². The Hall–Kier alpha value is -3.75. The summed E-state index contributed by atoms with van der Waals surface area (Å²) in [4.78, 5) is 5.79. The van der Waals surface area contributed by atoms with Crippen LogP contribution in [0.4, 0.5) is 11.4 Å². The molecule has 0 aliphatic carbocycles. The quantitative estimate of drug-likeness (QED) is 0.171. The second-order valence-corrected chi connectivity index (χ2v) is 9.19. The molecule has 0 bridgehead atoms. The van der Waals surface area contributed by atoms with Crippen molar-refractivity contribution in [2.45, 2.75) is 40.2 Å². The molecule has 0 fully saturated rings. The average molecular weight is 501 g/mol. The first-order valence-electron chi connectivity index (χ1n) is 12.0. The average Bonchev–Trinajstić information content (AvgIpc) is 3.31. The summed E-state index contributed by atoms with van der Waals surface area (Å²) in [5.74, 6) is 0. The highest BCUT2D eigenvalue weighted by Crippen LogP contribution is 2.21. The predicted molar refractivity (Wildman–Crippen MR) is 149 cm³/mol. The summed E-state index contributed by atoms with van der Waals surface area (Å²) in [5.41, 5.74) is 13.4. The third-order valence-corrected chi connectivity index (χ3v) is 6.55.